The van der Waals surface area contributed by atoms with E-state index >= 15 is 0 Å². The van der Waals surface area contributed by atoms with Gasteiger partial charge in [0, 0.05) is 11.6 Å². The Balaban J connectivity index is 1.76. The van der Waals surface area contributed by atoms with Gasteiger partial charge in [-0.2, -0.15) is 0 Å². The summed E-state index contributed by atoms with van der Waals surface area (Å²) < 4.78 is 38.7. The van der Waals surface area contributed by atoms with Crippen molar-refractivity contribution in [2.45, 2.75) is 30.6 Å². The molecule has 0 saturated heterocycles. The lowest BCUT2D eigenvalue weighted by Gasteiger charge is -2.18. The largest absolute Gasteiger partial charge is 0.493 e. The molecule has 2 N–H and O–H groups in total. The summed E-state index contributed by atoms with van der Waals surface area (Å²) in [6, 6.07) is 11.7. The predicted octanol–water partition coefficient (Wildman–Crippen LogP) is 3.55. The number of carbonyl (C=O) groups is 1. The van der Waals surface area contributed by atoms with E-state index in [1.165, 1.54) is 14.2 Å². The molecule has 1 heterocycles. The number of anilines is 1. The maximum atomic E-state index is 12.9. The third-order valence-electron chi connectivity index (χ3n) is 4.65. The number of amides is 1. The van der Waals surface area contributed by atoms with Crippen LogP contribution < -0.4 is 19.5 Å². The molecule has 1 aromatic heterocycles. The zero-order valence-corrected chi connectivity index (χ0v) is 19.7. The third-order valence-corrected chi connectivity index (χ3v) is 7.33. The Bertz CT molecular complexity index is 1210. The summed E-state index contributed by atoms with van der Waals surface area (Å²) in [4.78, 5) is 12.4. The number of ether oxygens (including phenoxy) is 2. The Morgan fingerprint density at radius 3 is 2.50 bits per heavy atom. The van der Waals surface area contributed by atoms with Gasteiger partial charge < -0.3 is 9.47 Å². The fourth-order valence-corrected chi connectivity index (χ4v) is 5.24. The number of rotatable bonds is 9. The van der Waals surface area contributed by atoms with Crippen LogP contribution in [0, 0.1) is 6.92 Å². The first-order valence-electron chi connectivity index (χ1n) is 9.73. The molecular formula is C21H24N4O5S2. The van der Waals surface area contributed by atoms with E-state index in [9.17, 15) is 13.2 Å². The number of sulfonamides is 1. The minimum Gasteiger partial charge on any atom is -0.493 e. The highest BCUT2D eigenvalue weighted by atomic mass is 32.2. The van der Waals surface area contributed by atoms with Gasteiger partial charge in [0.2, 0.25) is 9.47 Å². The first-order chi connectivity index (χ1) is 15.3. The zero-order chi connectivity index (χ0) is 23.3. The van der Waals surface area contributed by atoms with Gasteiger partial charge in [-0.15, -0.1) is 10.2 Å². The molecule has 0 aliphatic heterocycles. The number of carbonyl (C=O) groups excluding carboxylic acids is 1. The summed E-state index contributed by atoms with van der Waals surface area (Å²) in [5.41, 5.74) is 2.09. The van der Waals surface area contributed by atoms with Gasteiger partial charge in [0.1, 0.15) is 0 Å². The van der Waals surface area contributed by atoms with Gasteiger partial charge in [0.25, 0.3) is 15.9 Å². The Morgan fingerprint density at radius 1 is 1.09 bits per heavy atom. The van der Waals surface area contributed by atoms with Crippen LogP contribution in [0.5, 0.6) is 11.5 Å². The van der Waals surface area contributed by atoms with Crippen LogP contribution in [-0.4, -0.2) is 38.7 Å². The van der Waals surface area contributed by atoms with Crippen LogP contribution in [-0.2, 0) is 10.0 Å². The molecule has 170 valence electrons. The summed E-state index contributed by atoms with van der Waals surface area (Å²) in [6.45, 7) is 3.73. The van der Waals surface area contributed by atoms with Crippen molar-refractivity contribution >= 4 is 32.4 Å². The molecule has 9 nitrogen and oxygen atoms in total. The van der Waals surface area contributed by atoms with Gasteiger partial charge in [-0.05, 0) is 43.2 Å². The van der Waals surface area contributed by atoms with Crippen molar-refractivity contribution in [1.29, 1.82) is 0 Å². The minimum atomic E-state index is -3.97. The molecule has 3 aromatic rings. The molecule has 0 aliphatic rings. The van der Waals surface area contributed by atoms with Gasteiger partial charge in [-0.25, -0.2) is 13.1 Å². The van der Waals surface area contributed by atoms with Gasteiger partial charge in [0.15, 0.2) is 11.5 Å². The van der Waals surface area contributed by atoms with Crippen LogP contribution in [0.15, 0.2) is 46.8 Å². The molecule has 11 heteroatoms. The number of benzene rings is 2. The van der Waals surface area contributed by atoms with Crippen LogP contribution in [0.3, 0.4) is 0 Å². The number of aromatic nitrogens is 2. The topological polar surface area (TPSA) is 120 Å². The first kappa shape index (κ1) is 23.6. The molecule has 32 heavy (non-hydrogen) atoms. The number of hydrogen-bond acceptors (Lipinski definition) is 8. The number of nitrogens with zero attached hydrogens (tertiary/aromatic N) is 2. The highest BCUT2D eigenvalue weighted by Crippen LogP contribution is 2.32. The van der Waals surface area contributed by atoms with E-state index < -0.39 is 22.0 Å². The minimum absolute atomic E-state index is 0.0936. The summed E-state index contributed by atoms with van der Waals surface area (Å²) in [5, 5.41) is 10.2. The van der Waals surface area contributed by atoms with E-state index in [1.807, 2.05) is 19.9 Å². The molecule has 0 bridgehead atoms. The van der Waals surface area contributed by atoms with Crippen molar-refractivity contribution in [2.24, 2.45) is 0 Å². The van der Waals surface area contributed by atoms with Crippen molar-refractivity contribution in [2.75, 3.05) is 19.5 Å². The van der Waals surface area contributed by atoms with Gasteiger partial charge >= 0.3 is 0 Å². The fraction of sp³-hybridized carbons (Fsp3) is 0.286. The van der Waals surface area contributed by atoms with E-state index in [0.717, 1.165) is 16.9 Å². The van der Waals surface area contributed by atoms with E-state index in [2.05, 4.69) is 20.2 Å². The quantitative estimate of drug-likeness (QED) is 0.453. The van der Waals surface area contributed by atoms with Gasteiger partial charge in [-0.1, -0.05) is 42.0 Å². The lowest BCUT2D eigenvalue weighted by atomic mass is 10.1. The monoisotopic (exact) mass is 476 g/mol. The molecule has 0 aliphatic carbocycles. The van der Waals surface area contributed by atoms with Crippen LogP contribution in [0.1, 0.15) is 40.9 Å². The average Bonchev–Trinajstić information content (AvgIpc) is 3.26. The molecule has 0 spiro atoms. The number of aryl methyl sites for hydroxylation is 1. The van der Waals surface area contributed by atoms with E-state index in [0.29, 0.717) is 29.0 Å². The number of hydrogen-bond donors (Lipinski definition) is 2. The number of nitrogens with one attached hydrogen (secondary N) is 2. The highest BCUT2D eigenvalue weighted by Gasteiger charge is 2.25. The lowest BCUT2D eigenvalue weighted by Crippen LogP contribution is -2.28. The van der Waals surface area contributed by atoms with Gasteiger partial charge in [-0.3, -0.25) is 10.1 Å². The molecule has 0 saturated carbocycles. The first-order valence-corrected chi connectivity index (χ1v) is 12.0. The Kier molecular flexibility index (Phi) is 7.44. The maximum Gasteiger partial charge on any atom is 0.270 e. The third kappa shape index (κ3) is 5.42. The Labute approximate surface area is 190 Å². The summed E-state index contributed by atoms with van der Waals surface area (Å²) >= 11 is 0.779. The second-order valence-electron chi connectivity index (χ2n) is 6.89. The lowest BCUT2D eigenvalue weighted by molar-refractivity contribution is 0.102. The second kappa shape index (κ2) is 10.1. The summed E-state index contributed by atoms with van der Waals surface area (Å²) in [6.07, 6.45) is 0.491. The maximum absolute atomic E-state index is 12.9. The molecule has 2 aromatic carbocycles. The fourth-order valence-electron chi connectivity index (χ4n) is 3.02. The zero-order valence-electron chi connectivity index (χ0n) is 18.1. The van der Waals surface area contributed by atoms with Crippen molar-refractivity contribution in [3.05, 3.63) is 59.2 Å². The molecule has 1 atom stereocenters. The standard InChI is InChI=1S/C21H24N4O5S2/c1-5-16(14-9-10-17(29-3)18(12-14)30-4)25-32(27,28)21-24-23-20(31-21)22-19(26)15-8-6-7-13(2)11-15/h6-12,16,25H,5H2,1-4H3,(H,22,23,26)/t16-/m0/s1. The van der Waals surface area contributed by atoms with Crippen LogP contribution in [0.4, 0.5) is 5.13 Å². The molecule has 0 radical (unpaired) electrons. The Morgan fingerprint density at radius 2 is 1.84 bits per heavy atom. The average molecular weight is 477 g/mol. The molecule has 1 amide bonds. The van der Waals surface area contributed by atoms with Crippen molar-refractivity contribution in [1.82, 2.24) is 14.9 Å². The Hall–Kier alpha value is -3.02. The van der Waals surface area contributed by atoms with Crippen LogP contribution in [0.2, 0.25) is 0 Å². The SMILES string of the molecule is CC[C@H](NS(=O)(=O)c1nnc(NC(=O)c2cccc(C)c2)s1)c1ccc(OC)c(OC)c1. The van der Waals surface area contributed by atoms with Crippen LogP contribution >= 0.6 is 11.3 Å². The highest BCUT2D eigenvalue weighted by molar-refractivity contribution is 7.91. The summed E-state index contributed by atoms with van der Waals surface area (Å²) in [5.74, 6) is 0.658. The van der Waals surface area contributed by atoms with E-state index in [-0.39, 0.29) is 9.47 Å². The predicted molar refractivity (Wildman–Crippen MR) is 122 cm³/mol. The van der Waals surface area contributed by atoms with Crippen LogP contribution in [0.25, 0.3) is 0 Å². The summed E-state index contributed by atoms with van der Waals surface area (Å²) in [7, 11) is -0.925. The van der Waals surface area contributed by atoms with Crippen molar-refractivity contribution in [3.8, 4) is 11.5 Å². The molecular weight excluding hydrogens is 452 g/mol. The molecule has 0 fully saturated rings. The van der Waals surface area contributed by atoms with E-state index in [1.54, 1.807) is 36.4 Å². The number of methoxy groups -OCH3 is 2. The van der Waals surface area contributed by atoms with Gasteiger partial charge in [0.05, 0.1) is 14.2 Å². The smallest absolute Gasteiger partial charge is 0.270 e. The molecule has 0 unspecified atom stereocenters. The van der Waals surface area contributed by atoms with E-state index in [4.69, 9.17) is 9.47 Å². The van der Waals surface area contributed by atoms with Crippen molar-refractivity contribution < 1.29 is 22.7 Å². The second-order valence-corrected chi connectivity index (χ2v) is 9.76. The van der Waals surface area contributed by atoms with Crippen molar-refractivity contribution in [3.63, 3.8) is 0 Å². The molecule has 3 rings (SSSR count). The normalized spacial score (nSPS) is 12.2.